The van der Waals surface area contributed by atoms with Crippen LogP contribution in [0.25, 0.3) is 0 Å². The van der Waals surface area contributed by atoms with Gasteiger partial charge in [-0.3, -0.25) is 4.79 Å². The summed E-state index contributed by atoms with van der Waals surface area (Å²) in [5.74, 6) is 0.268. The van der Waals surface area contributed by atoms with Gasteiger partial charge in [0.15, 0.2) is 0 Å². The zero-order valence-electron chi connectivity index (χ0n) is 10.4. The van der Waals surface area contributed by atoms with Crippen molar-refractivity contribution in [2.24, 2.45) is 0 Å². The van der Waals surface area contributed by atoms with E-state index >= 15 is 0 Å². The lowest BCUT2D eigenvalue weighted by atomic mass is 10.2. The zero-order valence-corrected chi connectivity index (χ0v) is 11.2. The number of amides is 1. The molecule has 0 bridgehead atoms. The fraction of sp³-hybridized carbons (Fsp3) is 0.417. The quantitative estimate of drug-likeness (QED) is 0.917. The van der Waals surface area contributed by atoms with E-state index in [1.165, 1.54) is 15.9 Å². The van der Waals surface area contributed by atoms with Gasteiger partial charge in [0, 0.05) is 11.4 Å². The van der Waals surface area contributed by atoms with Crippen LogP contribution in [0.15, 0.2) is 23.8 Å². The minimum atomic E-state index is 0.0702. The number of aromatic nitrogens is 3. The first kappa shape index (κ1) is 12.2. The van der Waals surface area contributed by atoms with Gasteiger partial charge < -0.3 is 10.6 Å². The van der Waals surface area contributed by atoms with Crippen LogP contribution >= 0.6 is 11.3 Å². The lowest BCUT2D eigenvalue weighted by Gasteiger charge is -2.23. The maximum atomic E-state index is 12.3. The molecule has 0 saturated carbocycles. The minimum absolute atomic E-state index is 0.0702. The summed E-state index contributed by atoms with van der Waals surface area (Å²) in [5.41, 5.74) is 5.45. The molecule has 6 nitrogen and oxygen atoms in total. The largest absolute Gasteiger partial charge is 0.367 e. The summed E-state index contributed by atoms with van der Waals surface area (Å²) in [6.45, 7) is 1.01. The molecule has 0 aromatic carbocycles. The van der Waals surface area contributed by atoms with Crippen LogP contribution in [0.5, 0.6) is 0 Å². The summed E-state index contributed by atoms with van der Waals surface area (Å²) in [5, 5.41) is 6.00. The minimum Gasteiger partial charge on any atom is -0.367 e. The van der Waals surface area contributed by atoms with E-state index in [4.69, 9.17) is 5.73 Å². The van der Waals surface area contributed by atoms with Crippen LogP contribution in [0.1, 0.15) is 23.8 Å². The first-order valence-electron chi connectivity index (χ1n) is 6.22. The van der Waals surface area contributed by atoms with Crippen LogP contribution in [0.3, 0.4) is 0 Å². The second kappa shape index (κ2) is 5.00. The molecule has 1 aliphatic heterocycles. The second-order valence-electron chi connectivity index (χ2n) is 4.56. The molecule has 19 heavy (non-hydrogen) atoms. The van der Waals surface area contributed by atoms with Crippen LogP contribution in [0, 0.1) is 0 Å². The Bertz CT molecular complexity index is 564. The third kappa shape index (κ3) is 2.46. The molecule has 1 atom stereocenters. The molecule has 3 heterocycles. The number of hydrogen-bond acceptors (Lipinski definition) is 5. The molecule has 1 unspecified atom stereocenters. The molecule has 0 spiro atoms. The van der Waals surface area contributed by atoms with Gasteiger partial charge in [0.05, 0.1) is 6.04 Å². The van der Waals surface area contributed by atoms with Gasteiger partial charge in [0.2, 0.25) is 11.9 Å². The highest BCUT2D eigenvalue weighted by atomic mass is 32.1. The van der Waals surface area contributed by atoms with Crippen molar-refractivity contribution in [2.45, 2.75) is 25.4 Å². The Labute approximate surface area is 114 Å². The number of nitrogens with two attached hydrogens (primary N) is 1. The lowest BCUT2D eigenvalue weighted by Crippen LogP contribution is -2.33. The molecule has 2 aromatic heterocycles. The Morgan fingerprint density at radius 2 is 2.47 bits per heavy atom. The maximum absolute atomic E-state index is 12.3. The topological polar surface area (TPSA) is 77.0 Å². The summed E-state index contributed by atoms with van der Waals surface area (Å²) >= 11 is 1.70. The SMILES string of the molecule is Nc1ncn(CC(=O)N2CCCC2c2cccs2)n1. The fourth-order valence-corrected chi connectivity index (χ4v) is 3.33. The number of likely N-dealkylation sites (tertiary alicyclic amines) is 1. The normalized spacial score (nSPS) is 18.9. The molecule has 1 amide bonds. The van der Waals surface area contributed by atoms with Gasteiger partial charge in [-0.1, -0.05) is 6.07 Å². The predicted octanol–water partition coefficient (Wildman–Crippen LogP) is 1.29. The van der Waals surface area contributed by atoms with Crippen LogP contribution in [-0.4, -0.2) is 32.1 Å². The summed E-state index contributed by atoms with van der Waals surface area (Å²) < 4.78 is 1.49. The molecule has 2 N–H and O–H groups in total. The summed E-state index contributed by atoms with van der Waals surface area (Å²) in [4.78, 5) is 19.3. The summed E-state index contributed by atoms with van der Waals surface area (Å²) in [7, 11) is 0. The van der Waals surface area contributed by atoms with Crippen molar-refractivity contribution in [3.05, 3.63) is 28.7 Å². The van der Waals surface area contributed by atoms with Crippen LogP contribution < -0.4 is 5.73 Å². The summed E-state index contributed by atoms with van der Waals surface area (Å²) in [6.07, 6.45) is 3.57. The van der Waals surface area contributed by atoms with Crippen molar-refractivity contribution in [1.82, 2.24) is 19.7 Å². The zero-order chi connectivity index (χ0) is 13.2. The molecular weight excluding hydrogens is 262 g/mol. The van der Waals surface area contributed by atoms with E-state index in [0.717, 1.165) is 19.4 Å². The van der Waals surface area contributed by atoms with Crippen molar-refractivity contribution in [3.8, 4) is 0 Å². The molecule has 0 radical (unpaired) electrons. The number of carbonyl (C=O) groups excluding carboxylic acids is 1. The van der Waals surface area contributed by atoms with E-state index < -0.39 is 0 Å². The van der Waals surface area contributed by atoms with Crippen molar-refractivity contribution in [2.75, 3.05) is 12.3 Å². The highest BCUT2D eigenvalue weighted by molar-refractivity contribution is 7.10. The number of carbonyl (C=O) groups is 1. The maximum Gasteiger partial charge on any atom is 0.244 e. The second-order valence-corrected chi connectivity index (χ2v) is 5.54. The average Bonchev–Trinajstić information content (AvgIpc) is 3.07. The molecule has 100 valence electrons. The van der Waals surface area contributed by atoms with Gasteiger partial charge in [-0.15, -0.1) is 16.4 Å². The number of rotatable bonds is 3. The van der Waals surface area contributed by atoms with E-state index in [-0.39, 0.29) is 24.4 Å². The molecule has 2 aromatic rings. The van der Waals surface area contributed by atoms with Crippen molar-refractivity contribution in [3.63, 3.8) is 0 Å². The Hall–Kier alpha value is -1.89. The average molecular weight is 277 g/mol. The third-order valence-electron chi connectivity index (χ3n) is 3.30. The van der Waals surface area contributed by atoms with E-state index in [9.17, 15) is 4.79 Å². The number of hydrogen-bond donors (Lipinski definition) is 1. The highest BCUT2D eigenvalue weighted by Crippen LogP contribution is 2.34. The number of thiophene rings is 1. The van der Waals surface area contributed by atoms with Crippen molar-refractivity contribution < 1.29 is 4.79 Å². The molecule has 1 saturated heterocycles. The third-order valence-corrected chi connectivity index (χ3v) is 4.27. The van der Waals surface area contributed by atoms with Gasteiger partial charge in [-0.25, -0.2) is 9.67 Å². The van der Waals surface area contributed by atoms with E-state index in [2.05, 4.69) is 21.5 Å². The predicted molar refractivity (Wildman–Crippen MR) is 72.4 cm³/mol. The number of nitrogen functional groups attached to an aromatic ring is 1. The molecule has 7 heteroatoms. The van der Waals surface area contributed by atoms with Crippen LogP contribution in [0.2, 0.25) is 0 Å². The van der Waals surface area contributed by atoms with Crippen LogP contribution in [0.4, 0.5) is 5.95 Å². The standard InChI is InChI=1S/C12H15N5OS/c13-12-14-8-16(15-12)7-11(18)17-5-1-3-9(17)10-4-2-6-19-10/h2,4,6,8-9H,1,3,5,7H2,(H2,13,15). The van der Waals surface area contributed by atoms with Gasteiger partial charge >= 0.3 is 0 Å². The number of anilines is 1. The van der Waals surface area contributed by atoms with Gasteiger partial charge in [0.25, 0.3) is 0 Å². The number of nitrogens with zero attached hydrogens (tertiary/aromatic N) is 4. The molecule has 1 aliphatic rings. The van der Waals surface area contributed by atoms with Crippen molar-refractivity contribution >= 4 is 23.2 Å². The molecule has 1 fully saturated rings. The lowest BCUT2D eigenvalue weighted by molar-refractivity contribution is -0.132. The molecule has 0 aliphatic carbocycles. The molecule has 3 rings (SSSR count). The smallest absolute Gasteiger partial charge is 0.244 e. The Morgan fingerprint density at radius 3 is 3.16 bits per heavy atom. The Kier molecular flexibility index (Phi) is 3.20. The Balaban J connectivity index is 1.72. The Morgan fingerprint density at radius 1 is 1.58 bits per heavy atom. The highest BCUT2D eigenvalue weighted by Gasteiger charge is 2.30. The van der Waals surface area contributed by atoms with Gasteiger partial charge in [-0.2, -0.15) is 0 Å². The fourth-order valence-electron chi connectivity index (χ4n) is 2.46. The van der Waals surface area contributed by atoms with E-state index in [0.29, 0.717) is 0 Å². The van der Waals surface area contributed by atoms with E-state index in [1.54, 1.807) is 11.3 Å². The molecular formula is C12H15N5OS. The first-order valence-corrected chi connectivity index (χ1v) is 7.10. The monoisotopic (exact) mass is 277 g/mol. The van der Waals surface area contributed by atoms with Crippen molar-refractivity contribution in [1.29, 1.82) is 0 Å². The van der Waals surface area contributed by atoms with Gasteiger partial charge in [0.1, 0.15) is 12.9 Å². The van der Waals surface area contributed by atoms with Gasteiger partial charge in [-0.05, 0) is 24.3 Å². The first-order chi connectivity index (χ1) is 9.24. The van der Waals surface area contributed by atoms with E-state index in [1.807, 2.05) is 11.0 Å². The van der Waals surface area contributed by atoms with Crippen LogP contribution in [-0.2, 0) is 11.3 Å². The summed E-state index contributed by atoms with van der Waals surface area (Å²) in [6, 6.07) is 4.33.